The molecule has 0 saturated carbocycles. The quantitative estimate of drug-likeness (QED) is 0.881. The van der Waals surface area contributed by atoms with E-state index < -0.39 is 11.6 Å². The predicted molar refractivity (Wildman–Crippen MR) is 62.7 cm³/mol. The monoisotopic (exact) mass is 234 g/mol. The lowest BCUT2D eigenvalue weighted by Gasteiger charge is -2.07. The summed E-state index contributed by atoms with van der Waals surface area (Å²) in [4.78, 5) is 4.01. The summed E-state index contributed by atoms with van der Waals surface area (Å²) < 4.78 is 26.3. The molecule has 17 heavy (non-hydrogen) atoms. The third-order valence-electron chi connectivity index (χ3n) is 2.39. The van der Waals surface area contributed by atoms with Crippen LogP contribution in [0.25, 0.3) is 0 Å². The van der Waals surface area contributed by atoms with Gasteiger partial charge in [0.05, 0.1) is 5.69 Å². The van der Waals surface area contributed by atoms with Gasteiger partial charge in [-0.1, -0.05) is 12.1 Å². The summed E-state index contributed by atoms with van der Waals surface area (Å²) in [5.74, 6) is -1.63. The van der Waals surface area contributed by atoms with E-state index in [1.807, 2.05) is 13.0 Å². The molecule has 0 fully saturated rings. The SMILES string of the molecule is Cc1cncc(NCc2cccc(F)c2F)c1. The summed E-state index contributed by atoms with van der Waals surface area (Å²) in [7, 11) is 0. The van der Waals surface area contributed by atoms with Gasteiger partial charge in [0.25, 0.3) is 0 Å². The smallest absolute Gasteiger partial charge is 0.163 e. The van der Waals surface area contributed by atoms with Crippen molar-refractivity contribution >= 4 is 5.69 Å². The maximum absolute atomic E-state index is 13.4. The van der Waals surface area contributed by atoms with Gasteiger partial charge in [-0.2, -0.15) is 0 Å². The first kappa shape index (κ1) is 11.5. The number of hydrogen-bond acceptors (Lipinski definition) is 2. The molecular weight excluding hydrogens is 222 g/mol. The third kappa shape index (κ3) is 2.78. The molecule has 1 aromatic heterocycles. The van der Waals surface area contributed by atoms with Crippen molar-refractivity contribution in [1.29, 1.82) is 0 Å². The number of benzene rings is 1. The molecule has 2 nitrogen and oxygen atoms in total. The van der Waals surface area contributed by atoms with Crippen molar-refractivity contribution in [3.05, 3.63) is 59.4 Å². The first-order chi connectivity index (χ1) is 8.16. The van der Waals surface area contributed by atoms with Crippen LogP contribution in [0.1, 0.15) is 11.1 Å². The third-order valence-corrected chi connectivity index (χ3v) is 2.39. The largest absolute Gasteiger partial charge is 0.380 e. The van der Waals surface area contributed by atoms with E-state index in [0.717, 1.165) is 17.3 Å². The Morgan fingerprint density at radius 1 is 1.24 bits per heavy atom. The number of aromatic nitrogens is 1. The van der Waals surface area contributed by atoms with Crippen LogP contribution in [0.4, 0.5) is 14.5 Å². The Morgan fingerprint density at radius 3 is 2.82 bits per heavy atom. The van der Waals surface area contributed by atoms with Crippen molar-refractivity contribution < 1.29 is 8.78 Å². The first-order valence-corrected chi connectivity index (χ1v) is 5.25. The second-order valence-corrected chi connectivity index (χ2v) is 3.82. The van der Waals surface area contributed by atoms with Gasteiger partial charge in [0.1, 0.15) is 0 Å². The highest BCUT2D eigenvalue weighted by Crippen LogP contribution is 2.14. The molecule has 0 spiro atoms. The molecule has 0 aliphatic carbocycles. The van der Waals surface area contributed by atoms with Crippen LogP contribution in [-0.2, 0) is 6.54 Å². The van der Waals surface area contributed by atoms with E-state index in [1.54, 1.807) is 18.5 Å². The molecule has 4 heteroatoms. The zero-order valence-corrected chi connectivity index (χ0v) is 9.37. The van der Waals surface area contributed by atoms with Crippen LogP contribution in [-0.4, -0.2) is 4.98 Å². The summed E-state index contributed by atoms with van der Waals surface area (Å²) in [5.41, 5.74) is 2.09. The lowest BCUT2D eigenvalue weighted by atomic mass is 10.2. The molecule has 1 N–H and O–H groups in total. The van der Waals surface area contributed by atoms with Crippen LogP contribution < -0.4 is 5.32 Å². The second-order valence-electron chi connectivity index (χ2n) is 3.82. The minimum atomic E-state index is -0.827. The molecule has 0 bridgehead atoms. The zero-order valence-electron chi connectivity index (χ0n) is 9.37. The van der Waals surface area contributed by atoms with Gasteiger partial charge < -0.3 is 5.32 Å². The molecule has 0 atom stereocenters. The number of anilines is 1. The van der Waals surface area contributed by atoms with Gasteiger partial charge in [-0.3, -0.25) is 4.98 Å². The normalized spacial score (nSPS) is 10.3. The van der Waals surface area contributed by atoms with E-state index in [-0.39, 0.29) is 6.54 Å². The predicted octanol–water partition coefficient (Wildman–Crippen LogP) is 3.28. The van der Waals surface area contributed by atoms with Crippen molar-refractivity contribution in [2.75, 3.05) is 5.32 Å². The van der Waals surface area contributed by atoms with Crippen molar-refractivity contribution in [1.82, 2.24) is 4.98 Å². The van der Waals surface area contributed by atoms with Crippen molar-refractivity contribution in [2.24, 2.45) is 0 Å². The van der Waals surface area contributed by atoms with Crippen LogP contribution in [0, 0.1) is 18.6 Å². The highest BCUT2D eigenvalue weighted by atomic mass is 19.2. The van der Waals surface area contributed by atoms with Gasteiger partial charge in [0, 0.05) is 24.5 Å². The molecule has 0 unspecified atom stereocenters. The summed E-state index contributed by atoms with van der Waals surface area (Å²) in [5, 5.41) is 3.00. The fraction of sp³-hybridized carbons (Fsp3) is 0.154. The number of pyridine rings is 1. The number of rotatable bonds is 3. The molecule has 0 aliphatic heterocycles. The number of hydrogen-bond donors (Lipinski definition) is 1. The molecule has 0 radical (unpaired) electrons. The average molecular weight is 234 g/mol. The molecule has 88 valence electrons. The van der Waals surface area contributed by atoms with Crippen molar-refractivity contribution in [2.45, 2.75) is 13.5 Å². The number of halogens is 2. The van der Waals surface area contributed by atoms with Crippen LogP contribution in [0.2, 0.25) is 0 Å². The summed E-state index contributed by atoms with van der Waals surface area (Å²) in [6.07, 6.45) is 3.37. The number of aryl methyl sites for hydroxylation is 1. The fourth-order valence-corrected chi connectivity index (χ4v) is 1.53. The first-order valence-electron chi connectivity index (χ1n) is 5.25. The maximum atomic E-state index is 13.4. The van der Waals surface area contributed by atoms with Crippen LogP contribution in [0.3, 0.4) is 0 Å². The Bertz CT molecular complexity index is 527. The van der Waals surface area contributed by atoms with E-state index in [1.165, 1.54) is 6.07 Å². The highest BCUT2D eigenvalue weighted by molar-refractivity contribution is 5.43. The van der Waals surface area contributed by atoms with Gasteiger partial charge in [0.15, 0.2) is 11.6 Å². The van der Waals surface area contributed by atoms with E-state index in [0.29, 0.717) is 5.56 Å². The van der Waals surface area contributed by atoms with Crippen LogP contribution in [0.5, 0.6) is 0 Å². The standard InChI is InChI=1S/C13H12F2N2/c1-9-5-11(8-16-6-9)17-7-10-3-2-4-12(14)13(10)15/h2-6,8,17H,7H2,1H3. The highest BCUT2D eigenvalue weighted by Gasteiger charge is 2.06. The fourth-order valence-electron chi connectivity index (χ4n) is 1.53. The van der Waals surface area contributed by atoms with Gasteiger partial charge in [0.2, 0.25) is 0 Å². The van der Waals surface area contributed by atoms with Gasteiger partial charge in [-0.05, 0) is 24.6 Å². The lowest BCUT2D eigenvalue weighted by molar-refractivity contribution is 0.500. The Hall–Kier alpha value is -1.97. The minimum absolute atomic E-state index is 0.231. The van der Waals surface area contributed by atoms with Crippen molar-refractivity contribution in [3.63, 3.8) is 0 Å². The average Bonchev–Trinajstić information content (AvgIpc) is 2.31. The Balaban J connectivity index is 2.10. The Kier molecular flexibility index (Phi) is 3.32. The lowest BCUT2D eigenvalue weighted by Crippen LogP contribution is -2.03. The van der Waals surface area contributed by atoms with E-state index in [2.05, 4.69) is 10.3 Å². The molecule has 2 aromatic rings. The maximum Gasteiger partial charge on any atom is 0.163 e. The topological polar surface area (TPSA) is 24.9 Å². The van der Waals surface area contributed by atoms with E-state index in [9.17, 15) is 8.78 Å². The Morgan fingerprint density at radius 2 is 2.06 bits per heavy atom. The molecule has 1 heterocycles. The van der Waals surface area contributed by atoms with Gasteiger partial charge >= 0.3 is 0 Å². The van der Waals surface area contributed by atoms with E-state index >= 15 is 0 Å². The van der Waals surface area contributed by atoms with Gasteiger partial charge in [-0.15, -0.1) is 0 Å². The summed E-state index contributed by atoms with van der Waals surface area (Å²) in [6.45, 7) is 2.15. The number of nitrogens with zero attached hydrogens (tertiary/aromatic N) is 1. The van der Waals surface area contributed by atoms with Crippen molar-refractivity contribution in [3.8, 4) is 0 Å². The van der Waals surface area contributed by atoms with Gasteiger partial charge in [-0.25, -0.2) is 8.78 Å². The molecule has 1 aromatic carbocycles. The Labute approximate surface area is 98.3 Å². The zero-order chi connectivity index (χ0) is 12.3. The van der Waals surface area contributed by atoms with Crippen LogP contribution in [0.15, 0.2) is 36.7 Å². The molecular formula is C13H12F2N2. The molecule has 0 aliphatic rings. The molecule has 0 amide bonds. The number of nitrogens with one attached hydrogen (secondary N) is 1. The second kappa shape index (κ2) is 4.91. The van der Waals surface area contributed by atoms with Crippen LogP contribution >= 0.6 is 0 Å². The van der Waals surface area contributed by atoms with E-state index in [4.69, 9.17) is 0 Å². The summed E-state index contributed by atoms with van der Waals surface area (Å²) in [6, 6.07) is 6.04. The summed E-state index contributed by atoms with van der Waals surface area (Å²) >= 11 is 0. The molecule has 2 rings (SSSR count). The minimum Gasteiger partial charge on any atom is -0.380 e. The molecule has 0 saturated heterocycles.